The van der Waals surface area contributed by atoms with Crippen LogP contribution in [0.15, 0.2) is 89.1 Å². The molecular formula is C20H14N2O. The second-order valence-electron chi connectivity index (χ2n) is 5.39. The van der Waals surface area contributed by atoms with Gasteiger partial charge in [0, 0.05) is 5.39 Å². The van der Waals surface area contributed by atoms with E-state index < -0.39 is 0 Å². The molecule has 0 atom stereocenters. The predicted molar refractivity (Wildman–Crippen MR) is 93.7 cm³/mol. The molecule has 0 spiro atoms. The highest BCUT2D eigenvalue weighted by molar-refractivity contribution is 6.02. The molecule has 110 valence electrons. The maximum atomic E-state index is 10.5. The molecule has 0 aliphatic heterocycles. The van der Waals surface area contributed by atoms with E-state index in [0.29, 0.717) is 5.69 Å². The lowest BCUT2D eigenvalue weighted by Crippen LogP contribution is -1.78. The average Bonchev–Trinajstić information content (AvgIpc) is 2.61. The minimum absolute atomic E-state index is 0.160. The third kappa shape index (κ3) is 2.53. The lowest BCUT2D eigenvalue weighted by molar-refractivity contribution is 0.482. The van der Waals surface area contributed by atoms with E-state index in [9.17, 15) is 5.11 Å². The number of hydrogen-bond acceptors (Lipinski definition) is 3. The number of benzene rings is 4. The molecule has 0 radical (unpaired) electrons. The zero-order chi connectivity index (χ0) is 15.6. The Bertz CT molecular complexity index is 1020. The van der Waals surface area contributed by atoms with Crippen molar-refractivity contribution in [2.45, 2.75) is 0 Å². The fourth-order valence-electron chi connectivity index (χ4n) is 2.67. The Morgan fingerprint density at radius 1 is 0.609 bits per heavy atom. The number of fused-ring (bicyclic) bond motifs is 2. The summed E-state index contributed by atoms with van der Waals surface area (Å²) in [5, 5.41) is 22.9. The smallest absolute Gasteiger partial charge is 0.150 e. The molecule has 0 fully saturated rings. The molecule has 23 heavy (non-hydrogen) atoms. The fourth-order valence-corrected chi connectivity index (χ4v) is 2.67. The van der Waals surface area contributed by atoms with Crippen molar-refractivity contribution in [3.05, 3.63) is 78.9 Å². The van der Waals surface area contributed by atoms with Crippen molar-refractivity contribution in [2.24, 2.45) is 10.2 Å². The fraction of sp³-hybridized carbons (Fsp3) is 0. The highest BCUT2D eigenvalue weighted by atomic mass is 16.3. The molecule has 0 saturated carbocycles. The topological polar surface area (TPSA) is 45.0 Å². The molecule has 0 amide bonds. The minimum Gasteiger partial charge on any atom is -0.505 e. The van der Waals surface area contributed by atoms with Gasteiger partial charge < -0.3 is 5.11 Å². The Morgan fingerprint density at radius 3 is 2.09 bits per heavy atom. The van der Waals surface area contributed by atoms with Crippen molar-refractivity contribution < 1.29 is 5.11 Å². The van der Waals surface area contributed by atoms with Gasteiger partial charge >= 0.3 is 0 Å². The Balaban J connectivity index is 1.84. The monoisotopic (exact) mass is 298 g/mol. The maximum Gasteiger partial charge on any atom is 0.150 e. The molecule has 0 aliphatic rings. The van der Waals surface area contributed by atoms with Gasteiger partial charge in [-0.15, -0.1) is 5.11 Å². The molecule has 1 N–H and O–H groups in total. The first kappa shape index (κ1) is 13.5. The lowest BCUT2D eigenvalue weighted by Gasteiger charge is -2.06. The van der Waals surface area contributed by atoms with E-state index in [-0.39, 0.29) is 5.75 Å². The third-order valence-electron chi connectivity index (χ3n) is 3.87. The van der Waals surface area contributed by atoms with Crippen molar-refractivity contribution in [3.8, 4) is 5.75 Å². The Kier molecular flexibility index (Phi) is 3.24. The summed E-state index contributed by atoms with van der Waals surface area (Å²) in [6.07, 6.45) is 0. The maximum absolute atomic E-state index is 10.5. The molecule has 3 heteroatoms. The first-order valence-corrected chi connectivity index (χ1v) is 7.42. The molecule has 3 nitrogen and oxygen atoms in total. The van der Waals surface area contributed by atoms with E-state index >= 15 is 0 Å². The number of azo groups is 1. The van der Waals surface area contributed by atoms with E-state index in [1.807, 2.05) is 60.7 Å². The number of rotatable bonds is 2. The van der Waals surface area contributed by atoms with Crippen LogP contribution in [0.1, 0.15) is 0 Å². The predicted octanol–water partition coefficient (Wildman–Crippen LogP) is 6.11. The number of aromatic hydroxyl groups is 1. The highest BCUT2D eigenvalue weighted by Gasteiger charge is 2.07. The van der Waals surface area contributed by atoms with Crippen LogP contribution in [0.4, 0.5) is 11.4 Å². The molecule has 4 rings (SSSR count). The van der Waals surface area contributed by atoms with Crippen molar-refractivity contribution in [1.29, 1.82) is 0 Å². The third-order valence-corrected chi connectivity index (χ3v) is 3.87. The van der Waals surface area contributed by atoms with Gasteiger partial charge in [-0.25, -0.2) is 0 Å². The van der Waals surface area contributed by atoms with Crippen molar-refractivity contribution in [2.75, 3.05) is 0 Å². The van der Waals surface area contributed by atoms with Crippen LogP contribution in [0.25, 0.3) is 21.5 Å². The van der Waals surface area contributed by atoms with Crippen LogP contribution in [-0.4, -0.2) is 5.11 Å². The van der Waals surface area contributed by atoms with Crippen molar-refractivity contribution in [3.63, 3.8) is 0 Å². The van der Waals surface area contributed by atoms with Gasteiger partial charge in [-0.3, -0.25) is 0 Å². The molecule has 0 aliphatic carbocycles. The quantitative estimate of drug-likeness (QED) is 0.352. The Morgan fingerprint density at radius 2 is 1.30 bits per heavy atom. The van der Waals surface area contributed by atoms with Gasteiger partial charge in [0.05, 0.1) is 5.69 Å². The van der Waals surface area contributed by atoms with Crippen LogP contribution < -0.4 is 0 Å². The summed E-state index contributed by atoms with van der Waals surface area (Å²) in [6, 6.07) is 25.4. The largest absolute Gasteiger partial charge is 0.505 e. The summed E-state index contributed by atoms with van der Waals surface area (Å²) in [5.74, 6) is 0.160. The highest BCUT2D eigenvalue weighted by Crippen LogP contribution is 2.37. The van der Waals surface area contributed by atoms with Gasteiger partial charge in [-0.1, -0.05) is 48.5 Å². The second-order valence-corrected chi connectivity index (χ2v) is 5.39. The normalized spacial score (nSPS) is 11.5. The second kappa shape index (κ2) is 5.54. The van der Waals surface area contributed by atoms with Gasteiger partial charge in [0.1, 0.15) is 5.69 Å². The molecule has 4 aromatic rings. The van der Waals surface area contributed by atoms with E-state index in [2.05, 4.69) is 22.4 Å². The SMILES string of the molecule is Oc1c(N=Nc2ccccc2)ccc2cc3ccccc3cc12. The van der Waals surface area contributed by atoms with Gasteiger partial charge in [0.15, 0.2) is 5.75 Å². The molecule has 0 heterocycles. The first-order chi connectivity index (χ1) is 11.3. The van der Waals surface area contributed by atoms with Crippen LogP contribution in [-0.2, 0) is 0 Å². The molecule has 0 unspecified atom stereocenters. The van der Waals surface area contributed by atoms with Gasteiger partial charge in [0.2, 0.25) is 0 Å². The zero-order valence-electron chi connectivity index (χ0n) is 12.3. The van der Waals surface area contributed by atoms with E-state index in [4.69, 9.17) is 0 Å². The van der Waals surface area contributed by atoms with Gasteiger partial charge in [-0.05, 0) is 46.5 Å². The number of nitrogens with zero attached hydrogens (tertiary/aromatic N) is 2. The van der Waals surface area contributed by atoms with Crippen LogP contribution >= 0.6 is 0 Å². The summed E-state index contributed by atoms with van der Waals surface area (Å²) in [7, 11) is 0. The van der Waals surface area contributed by atoms with E-state index in [1.165, 1.54) is 0 Å². The van der Waals surface area contributed by atoms with Crippen LogP contribution in [0, 0.1) is 0 Å². The summed E-state index contributed by atoms with van der Waals surface area (Å²) < 4.78 is 0. The minimum atomic E-state index is 0.160. The standard InChI is InChI=1S/C20H14N2O/c23-20-18-13-15-7-5-4-6-14(15)12-16(18)10-11-19(20)22-21-17-8-2-1-3-9-17/h1-13,23H. The van der Waals surface area contributed by atoms with Crippen molar-refractivity contribution in [1.82, 2.24) is 0 Å². The average molecular weight is 298 g/mol. The molecule has 0 saturated heterocycles. The summed E-state index contributed by atoms with van der Waals surface area (Å²) in [5.41, 5.74) is 1.22. The van der Waals surface area contributed by atoms with Crippen LogP contribution in [0.2, 0.25) is 0 Å². The van der Waals surface area contributed by atoms with Crippen LogP contribution in [0.3, 0.4) is 0 Å². The first-order valence-electron chi connectivity index (χ1n) is 7.42. The summed E-state index contributed by atoms with van der Waals surface area (Å²) in [4.78, 5) is 0. The lowest BCUT2D eigenvalue weighted by atomic mass is 10.0. The zero-order valence-corrected chi connectivity index (χ0v) is 12.3. The van der Waals surface area contributed by atoms with Crippen LogP contribution in [0.5, 0.6) is 5.75 Å². The Hall–Kier alpha value is -3.20. The number of phenols is 1. The van der Waals surface area contributed by atoms with Crippen molar-refractivity contribution >= 4 is 32.9 Å². The van der Waals surface area contributed by atoms with E-state index in [0.717, 1.165) is 27.2 Å². The number of phenolic OH excluding ortho intramolecular Hbond substituents is 1. The molecule has 4 aromatic carbocycles. The van der Waals surface area contributed by atoms with E-state index in [1.54, 1.807) is 6.07 Å². The summed E-state index contributed by atoms with van der Waals surface area (Å²) in [6.45, 7) is 0. The van der Waals surface area contributed by atoms with Gasteiger partial charge in [-0.2, -0.15) is 5.11 Å². The van der Waals surface area contributed by atoms with Gasteiger partial charge in [0.25, 0.3) is 0 Å². The molecular weight excluding hydrogens is 284 g/mol. The molecule has 0 bridgehead atoms. The summed E-state index contributed by atoms with van der Waals surface area (Å²) >= 11 is 0. The number of hydrogen-bond donors (Lipinski definition) is 1. The molecule has 0 aromatic heterocycles. The Labute approximate surface area is 133 Å².